The van der Waals surface area contributed by atoms with Crippen LogP contribution in [0.3, 0.4) is 0 Å². The molecular formula is C17H11F4N5O2. The molecule has 1 heterocycles. The molecule has 0 aliphatic rings. The smallest absolute Gasteiger partial charge is 0.419 e. The number of hydrogen-bond acceptors (Lipinski definition) is 4. The third-order valence-electron chi connectivity index (χ3n) is 3.82. The number of tetrazole rings is 1. The van der Waals surface area contributed by atoms with Crippen molar-refractivity contribution in [2.75, 3.05) is 0 Å². The van der Waals surface area contributed by atoms with Crippen LogP contribution in [0.2, 0.25) is 0 Å². The van der Waals surface area contributed by atoms with Crippen molar-refractivity contribution in [1.29, 1.82) is 0 Å². The van der Waals surface area contributed by atoms with E-state index in [0.717, 1.165) is 9.36 Å². The molecule has 0 aliphatic carbocycles. The molecule has 0 unspecified atom stereocenters. The Morgan fingerprint density at radius 3 is 2.57 bits per heavy atom. The van der Waals surface area contributed by atoms with E-state index in [1.165, 1.54) is 25.2 Å². The van der Waals surface area contributed by atoms with Gasteiger partial charge in [0.2, 0.25) is 0 Å². The van der Waals surface area contributed by atoms with Crippen molar-refractivity contribution in [3.63, 3.8) is 0 Å². The van der Waals surface area contributed by atoms with E-state index < -0.39 is 35.6 Å². The van der Waals surface area contributed by atoms with Crippen LogP contribution in [-0.2, 0) is 19.8 Å². The second-order valence-corrected chi connectivity index (χ2v) is 5.61. The lowest BCUT2D eigenvalue weighted by atomic mass is 10.1. The van der Waals surface area contributed by atoms with Crippen molar-refractivity contribution < 1.29 is 22.3 Å². The van der Waals surface area contributed by atoms with E-state index in [0.29, 0.717) is 18.2 Å². The molecule has 0 radical (unpaired) electrons. The van der Waals surface area contributed by atoms with Crippen molar-refractivity contribution in [2.45, 2.75) is 12.8 Å². The van der Waals surface area contributed by atoms with Crippen molar-refractivity contribution in [2.24, 2.45) is 7.05 Å². The summed E-state index contributed by atoms with van der Waals surface area (Å²) in [5.74, 6) is -1.64. The number of hydrogen-bond donors (Lipinski definition) is 0. The zero-order valence-corrected chi connectivity index (χ0v) is 14.2. The quantitative estimate of drug-likeness (QED) is 0.504. The molecule has 0 bridgehead atoms. The van der Waals surface area contributed by atoms with Gasteiger partial charge in [0, 0.05) is 18.7 Å². The number of alkyl halides is 3. The number of nitrogens with zero attached hydrogens (tertiary/aromatic N) is 5. The second kappa shape index (κ2) is 7.15. The molecule has 0 fully saturated rings. The van der Waals surface area contributed by atoms with Gasteiger partial charge in [-0.2, -0.15) is 22.5 Å². The van der Waals surface area contributed by atoms with Crippen LogP contribution < -0.4 is 10.4 Å². The Morgan fingerprint density at radius 1 is 1.21 bits per heavy atom. The normalized spacial score (nSPS) is 11.3. The highest BCUT2D eigenvalue weighted by molar-refractivity contribution is 5.60. The molecule has 0 aliphatic heterocycles. The average Bonchev–Trinajstić information content (AvgIpc) is 2.97. The summed E-state index contributed by atoms with van der Waals surface area (Å²) in [5.41, 5.74) is -1.51. The first-order chi connectivity index (χ1) is 13.2. The fourth-order valence-electron chi connectivity index (χ4n) is 2.48. The molecule has 0 atom stereocenters. The Bertz CT molecular complexity index is 1130. The summed E-state index contributed by atoms with van der Waals surface area (Å²) in [5, 5.41) is 7.23. The third-order valence-corrected chi connectivity index (χ3v) is 3.82. The van der Waals surface area contributed by atoms with E-state index in [1.807, 2.05) is 0 Å². The highest BCUT2D eigenvalue weighted by Gasteiger charge is 2.34. The van der Waals surface area contributed by atoms with Crippen molar-refractivity contribution in [3.05, 3.63) is 75.2 Å². The maximum absolute atomic E-state index is 13.4. The maximum atomic E-state index is 13.4. The van der Waals surface area contributed by atoms with Crippen LogP contribution in [0.4, 0.5) is 23.2 Å². The first-order valence-electron chi connectivity index (χ1n) is 7.70. The van der Waals surface area contributed by atoms with Crippen molar-refractivity contribution in [1.82, 2.24) is 19.8 Å². The van der Waals surface area contributed by atoms with Gasteiger partial charge < -0.3 is 4.74 Å². The molecule has 3 aromatic rings. The summed E-state index contributed by atoms with van der Waals surface area (Å²) >= 11 is 0. The fourth-order valence-corrected chi connectivity index (χ4v) is 2.48. The third kappa shape index (κ3) is 3.57. The number of aromatic nitrogens is 4. The lowest BCUT2D eigenvalue weighted by molar-refractivity contribution is -0.139. The average molecular weight is 393 g/mol. The molecular weight excluding hydrogens is 382 g/mol. The minimum atomic E-state index is -4.76. The van der Waals surface area contributed by atoms with E-state index in [-0.39, 0.29) is 16.9 Å². The number of benzene rings is 2. The molecule has 0 amide bonds. The van der Waals surface area contributed by atoms with Crippen LogP contribution in [0.1, 0.15) is 11.1 Å². The van der Waals surface area contributed by atoms with Gasteiger partial charge in [0.1, 0.15) is 18.2 Å². The molecule has 0 saturated carbocycles. The van der Waals surface area contributed by atoms with Crippen LogP contribution in [0.25, 0.3) is 10.5 Å². The monoisotopic (exact) mass is 393 g/mol. The van der Waals surface area contributed by atoms with Crippen molar-refractivity contribution >= 4 is 5.69 Å². The van der Waals surface area contributed by atoms with Crippen LogP contribution >= 0.6 is 0 Å². The van der Waals surface area contributed by atoms with Crippen LogP contribution in [0, 0.1) is 12.4 Å². The summed E-state index contributed by atoms with van der Waals surface area (Å²) in [6.45, 7) is 6.74. The molecule has 144 valence electrons. The Balaban J connectivity index is 2.05. The number of aryl methyl sites for hydroxylation is 1. The van der Waals surface area contributed by atoms with Gasteiger partial charge in [0.05, 0.1) is 17.8 Å². The molecule has 2 aromatic carbocycles. The Morgan fingerprint density at radius 2 is 1.96 bits per heavy atom. The van der Waals surface area contributed by atoms with E-state index in [9.17, 15) is 22.4 Å². The summed E-state index contributed by atoms with van der Waals surface area (Å²) in [4.78, 5) is 15.4. The second-order valence-electron chi connectivity index (χ2n) is 5.61. The maximum Gasteiger partial charge on any atom is 0.419 e. The number of ether oxygens (including phenoxy) is 1. The van der Waals surface area contributed by atoms with Crippen LogP contribution in [0.5, 0.6) is 5.75 Å². The Kier molecular flexibility index (Phi) is 4.87. The zero-order valence-electron chi connectivity index (χ0n) is 14.2. The highest BCUT2D eigenvalue weighted by Crippen LogP contribution is 2.37. The van der Waals surface area contributed by atoms with Gasteiger partial charge in [-0.05, 0) is 28.6 Å². The molecule has 0 N–H and O–H groups in total. The van der Waals surface area contributed by atoms with E-state index >= 15 is 0 Å². The fraction of sp³-hybridized carbons (Fsp3) is 0.176. The molecule has 7 nitrogen and oxygen atoms in total. The van der Waals surface area contributed by atoms with E-state index in [2.05, 4.69) is 15.3 Å². The lowest BCUT2D eigenvalue weighted by Crippen LogP contribution is -2.23. The van der Waals surface area contributed by atoms with Crippen LogP contribution in [-0.4, -0.2) is 19.8 Å². The van der Waals surface area contributed by atoms with E-state index in [4.69, 9.17) is 11.3 Å². The van der Waals surface area contributed by atoms with Gasteiger partial charge in [-0.15, -0.1) is 0 Å². The predicted octanol–water partition coefficient (Wildman–Crippen LogP) is 3.25. The van der Waals surface area contributed by atoms with Gasteiger partial charge in [0.15, 0.2) is 5.69 Å². The van der Waals surface area contributed by atoms with Crippen molar-refractivity contribution in [3.8, 4) is 11.4 Å². The summed E-state index contributed by atoms with van der Waals surface area (Å²) in [6.07, 6.45) is -4.76. The first-order valence-corrected chi connectivity index (χ1v) is 7.70. The molecule has 11 heteroatoms. The van der Waals surface area contributed by atoms with Gasteiger partial charge in [0.25, 0.3) is 0 Å². The topological polar surface area (TPSA) is 66.3 Å². The minimum absolute atomic E-state index is 0.0417. The van der Waals surface area contributed by atoms with E-state index in [1.54, 1.807) is 0 Å². The SMILES string of the molecule is [C-]#[N+]c1cccc(-n2nnn(C)c2=O)c1COc1cc(F)ccc1C(F)(F)F. The standard InChI is InChI=1S/C17H11F4N5O2/c1-22-13-4-3-5-14(26-16(27)25(2)23-24-26)11(13)9-28-15-8-10(18)6-7-12(15)17(19,20)21/h3-8H,9H2,2H3. The lowest BCUT2D eigenvalue weighted by Gasteiger charge is -2.16. The largest absolute Gasteiger partial charge is 0.489 e. The van der Waals surface area contributed by atoms with Gasteiger partial charge in [-0.3, -0.25) is 0 Å². The molecule has 28 heavy (non-hydrogen) atoms. The summed E-state index contributed by atoms with van der Waals surface area (Å²) in [7, 11) is 1.36. The molecule has 0 saturated heterocycles. The zero-order chi connectivity index (χ0) is 20.5. The van der Waals surface area contributed by atoms with Crippen LogP contribution in [0.15, 0.2) is 41.2 Å². The molecule has 1 aromatic heterocycles. The first kappa shape index (κ1) is 19.1. The summed E-state index contributed by atoms with van der Waals surface area (Å²) in [6, 6.07) is 6.19. The van der Waals surface area contributed by atoms with Gasteiger partial charge in [-0.1, -0.05) is 12.1 Å². The highest BCUT2D eigenvalue weighted by atomic mass is 19.4. The Labute approximate surface area is 155 Å². The summed E-state index contributed by atoms with van der Waals surface area (Å²) < 4.78 is 59.9. The molecule has 0 spiro atoms. The van der Waals surface area contributed by atoms with Gasteiger partial charge >= 0.3 is 11.9 Å². The number of halogens is 4. The minimum Gasteiger partial charge on any atom is -0.489 e. The predicted molar refractivity (Wildman–Crippen MR) is 88.6 cm³/mol. The molecule has 3 rings (SSSR count). The Hall–Kier alpha value is -3.68. The van der Waals surface area contributed by atoms with Gasteiger partial charge in [-0.25, -0.2) is 14.0 Å². The number of rotatable bonds is 4.